The number of alkyl halides is 3. The molecular weight excluding hydrogens is 411 g/mol. The first-order valence-electron chi connectivity index (χ1n) is 8.02. The van der Waals surface area contributed by atoms with Crippen LogP contribution in [0.1, 0.15) is 10.4 Å². The summed E-state index contributed by atoms with van der Waals surface area (Å²) >= 11 is 1.06. The molecular formula is C18H14F3N3O4S. The van der Waals surface area contributed by atoms with Gasteiger partial charge in [0.25, 0.3) is 5.91 Å². The van der Waals surface area contributed by atoms with Gasteiger partial charge in [-0.1, -0.05) is 17.4 Å². The monoisotopic (exact) mass is 425 g/mol. The molecule has 152 valence electrons. The lowest BCUT2D eigenvalue weighted by atomic mass is 10.1. The standard InChI is InChI=1S/C18H14F3N3O4S/c1-26-12-4-3-5-13(27-2)14(12)15(25)22-17-24-23-16(29-17)10-6-8-11(9-7-10)28-18(19,20)21/h3-9H,1-2H3,(H,22,24,25). The van der Waals surface area contributed by atoms with Crippen molar-refractivity contribution in [1.82, 2.24) is 10.2 Å². The lowest BCUT2D eigenvalue weighted by molar-refractivity contribution is -0.274. The number of hydrogen-bond donors (Lipinski definition) is 1. The topological polar surface area (TPSA) is 82.6 Å². The lowest BCUT2D eigenvalue weighted by Gasteiger charge is -2.11. The SMILES string of the molecule is COc1cccc(OC)c1C(=O)Nc1nnc(-c2ccc(OC(F)(F)F)cc2)s1. The van der Waals surface area contributed by atoms with E-state index in [1.165, 1.54) is 38.5 Å². The number of rotatable bonds is 6. The van der Waals surface area contributed by atoms with Gasteiger partial charge in [-0.25, -0.2) is 0 Å². The number of carbonyl (C=O) groups excluding carboxylic acids is 1. The summed E-state index contributed by atoms with van der Waals surface area (Å²) in [6.45, 7) is 0. The molecule has 0 spiro atoms. The van der Waals surface area contributed by atoms with E-state index < -0.39 is 12.3 Å². The Kier molecular flexibility index (Phi) is 5.87. The average molecular weight is 425 g/mol. The van der Waals surface area contributed by atoms with E-state index >= 15 is 0 Å². The molecule has 7 nitrogen and oxygen atoms in total. The van der Waals surface area contributed by atoms with Crippen LogP contribution in [0.25, 0.3) is 10.6 Å². The van der Waals surface area contributed by atoms with Crippen LogP contribution in [-0.2, 0) is 0 Å². The third-order valence-corrected chi connectivity index (χ3v) is 4.52. The summed E-state index contributed by atoms with van der Waals surface area (Å²) in [5.41, 5.74) is 0.718. The molecule has 11 heteroatoms. The van der Waals surface area contributed by atoms with E-state index in [9.17, 15) is 18.0 Å². The number of amides is 1. The van der Waals surface area contributed by atoms with Gasteiger partial charge >= 0.3 is 6.36 Å². The number of nitrogens with one attached hydrogen (secondary N) is 1. The molecule has 0 fully saturated rings. The van der Waals surface area contributed by atoms with Crippen molar-refractivity contribution in [2.24, 2.45) is 0 Å². The number of nitrogens with zero attached hydrogens (tertiary/aromatic N) is 2. The highest BCUT2D eigenvalue weighted by Gasteiger charge is 2.31. The fourth-order valence-electron chi connectivity index (χ4n) is 2.42. The Bertz CT molecular complexity index is 984. The molecule has 1 heterocycles. The maximum atomic E-state index is 12.6. The second kappa shape index (κ2) is 8.35. The predicted molar refractivity (Wildman–Crippen MR) is 99.5 cm³/mol. The summed E-state index contributed by atoms with van der Waals surface area (Å²) in [4.78, 5) is 12.6. The van der Waals surface area contributed by atoms with Crippen molar-refractivity contribution in [3.63, 3.8) is 0 Å². The van der Waals surface area contributed by atoms with E-state index in [4.69, 9.17) is 9.47 Å². The molecule has 0 saturated carbocycles. The number of methoxy groups -OCH3 is 2. The summed E-state index contributed by atoms with van der Waals surface area (Å²) in [5.74, 6) is -0.197. The van der Waals surface area contributed by atoms with Gasteiger partial charge in [0.2, 0.25) is 5.13 Å². The van der Waals surface area contributed by atoms with Gasteiger partial charge in [-0.3, -0.25) is 10.1 Å². The van der Waals surface area contributed by atoms with E-state index in [0.717, 1.165) is 11.3 Å². The number of aromatic nitrogens is 2. The molecule has 0 atom stereocenters. The molecule has 29 heavy (non-hydrogen) atoms. The highest BCUT2D eigenvalue weighted by Crippen LogP contribution is 2.32. The number of ether oxygens (including phenoxy) is 3. The third-order valence-electron chi connectivity index (χ3n) is 3.64. The molecule has 0 aliphatic carbocycles. The summed E-state index contributed by atoms with van der Waals surface area (Å²) in [6.07, 6.45) is -4.76. The van der Waals surface area contributed by atoms with Crippen molar-refractivity contribution in [2.45, 2.75) is 6.36 Å². The fraction of sp³-hybridized carbons (Fsp3) is 0.167. The minimum Gasteiger partial charge on any atom is -0.496 e. The van der Waals surface area contributed by atoms with Crippen LogP contribution < -0.4 is 19.5 Å². The molecule has 0 bridgehead atoms. The van der Waals surface area contributed by atoms with E-state index in [1.54, 1.807) is 18.2 Å². The lowest BCUT2D eigenvalue weighted by Crippen LogP contribution is -2.16. The van der Waals surface area contributed by atoms with E-state index in [1.807, 2.05) is 0 Å². The Hall–Kier alpha value is -3.34. The van der Waals surface area contributed by atoms with Gasteiger partial charge in [-0.05, 0) is 36.4 Å². The molecule has 0 aliphatic rings. The van der Waals surface area contributed by atoms with Crippen molar-refractivity contribution in [1.29, 1.82) is 0 Å². The van der Waals surface area contributed by atoms with Crippen LogP contribution in [0.3, 0.4) is 0 Å². The Balaban J connectivity index is 1.77. The van der Waals surface area contributed by atoms with Crippen molar-refractivity contribution >= 4 is 22.4 Å². The molecule has 3 aromatic rings. The molecule has 3 rings (SSSR count). The second-order valence-electron chi connectivity index (χ2n) is 5.48. The van der Waals surface area contributed by atoms with Crippen molar-refractivity contribution < 1.29 is 32.2 Å². The predicted octanol–water partition coefficient (Wildman–Crippen LogP) is 4.37. The van der Waals surface area contributed by atoms with Gasteiger partial charge < -0.3 is 14.2 Å². The first kappa shape index (κ1) is 20.4. The van der Waals surface area contributed by atoms with Gasteiger partial charge in [0.05, 0.1) is 14.2 Å². The first-order valence-corrected chi connectivity index (χ1v) is 8.84. The Morgan fingerprint density at radius 3 is 2.17 bits per heavy atom. The van der Waals surface area contributed by atoms with Gasteiger partial charge in [0, 0.05) is 5.56 Å². The minimum absolute atomic E-state index is 0.197. The van der Waals surface area contributed by atoms with Crippen LogP contribution in [0.15, 0.2) is 42.5 Å². The summed E-state index contributed by atoms with van der Waals surface area (Å²) < 4.78 is 50.9. The highest BCUT2D eigenvalue weighted by atomic mass is 32.1. The van der Waals surface area contributed by atoms with Crippen LogP contribution in [0.4, 0.5) is 18.3 Å². The second-order valence-corrected chi connectivity index (χ2v) is 6.45. The van der Waals surface area contributed by atoms with Crippen molar-refractivity contribution in [3.8, 4) is 27.8 Å². The Labute approximate surface area is 167 Å². The van der Waals surface area contributed by atoms with Crippen LogP contribution in [-0.4, -0.2) is 36.7 Å². The minimum atomic E-state index is -4.76. The summed E-state index contributed by atoms with van der Waals surface area (Å²) in [5, 5.41) is 11.1. The fourth-order valence-corrected chi connectivity index (χ4v) is 3.17. The highest BCUT2D eigenvalue weighted by molar-refractivity contribution is 7.18. The molecule has 0 saturated heterocycles. The van der Waals surface area contributed by atoms with Gasteiger partial charge in [-0.15, -0.1) is 23.4 Å². The molecule has 0 radical (unpaired) electrons. The number of anilines is 1. The molecule has 1 amide bonds. The number of carbonyl (C=O) groups is 1. The van der Waals surface area contributed by atoms with Gasteiger partial charge in [0.15, 0.2) is 0 Å². The van der Waals surface area contributed by atoms with E-state index in [0.29, 0.717) is 22.1 Å². The Morgan fingerprint density at radius 1 is 1.00 bits per heavy atom. The molecule has 1 aromatic heterocycles. The third kappa shape index (κ3) is 4.93. The maximum absolute atomic E-state index is 12.6. The van der Waals surface area contributed by atoms with Crippen LogP contribution in [0.2, 0.25) is 0 Å². The van der Waals surface area contributed by atoms with Crippen LogP contribution in [0.5, 0.6) is 17.2 Å². The summed E-state index contributed by atoms with van der Waals surface area (Å²) in [7, 11) is 2.86. The molecule has 2 aromatic carbocycles. The number of halogens is 3. The van der Waals surface area contributed by atoms with E-state index in [2.05, 4.69) is 20.3 Å². The summed E-state index contributed by atoms with van der Waals surface area (Å²) in [6, 6.07) is 10.1. The van der Waals surface area contributed by atoms with E-state index in [-0.39, 0.29) is 16.4 Å². The van der Waals surface area contributed by atoms with Crippen molar-refractivity contribution in [2.75, 3.05) is 19.5 Å². The van der Waals surface area contributed by atoms with Crippen LogP contribution in [0, 0.1) is 0 Å². The van der Waals surface area contributed by atoms with Crippen LogP contribution >= 0.6 is 11.3 Å². The van der Waals surface area contributed by atoms with Gasteiger partial charge in [0.1, 0.15) is 27.8 Å². The molecule has 1 N–H and O–H groups in total. The smallest absolute Gasteiger partial charge is 0.496 e. The first-order chi connectivity index (χ1) is 13.8. The average Bonchev–Trinajstić information content (AvgIpc) is 3.14. The van der Waals surface area contributed by atoms with Gasteiger partial charge in [-0.2, -0.15) is 0 Å². The normalized spacial score (nSPS) is 11.1. The number of benzene rings is 2. The van der Waals surface area contributed by atoms with Crippen molar-refractivity contribution in [3.05, 3.63) is 48.0 Å². The maximum Gasteiger partial charge on any atom is 0.573 e. The quantitative estimate of drug-likeness (QED) is 0.632. The zero-order valence-corrected chi connectivity index (χ0v) is 15.9. The zero-order valence-electron chi connectivity index (χ0n) is 15.1. The largest absolute Gasteiger partial charge is 0.573 e. The number of hydrogen-bond acceptors (Lipinski definition) is 7. The molecule has 0 aliphatic heterocycles. The zero-order chi connectivity index (χ0) is 21.0. The molecule has 0 unspecified atom stereocenters. The Morgan fingerprint density at radius 2 is 1.62 bits per heavy atom.